The molecule has 0 spiro atoms. The van der Waals surface area contributed by atoms with Crippen molar-refractivity contribution in [1.82, 2.24) is 0 Å². The summed E-state index contributed by atoms with van der Waals surface area (Å²) in [5.41, 5.74) is 3.39. The predicted molar refractivity (Wildman–Crippen MR) is 64.4 cm³/mol. The van der Waals surface area contributed by atoms with Gasteiger partial charge in [-0.2, -0.15) is 0 Å². The second kappa shape index (κ2) is 6.06. The average Bonchev–Trinajstić information content (AvgIpc) is 2.52. The van der Waals surface area contributed by atoms with Crippen LogP contribution in [0.4, 0.5) is 0 Å². The molecule has 0 amide bonds. The molecule has 1 rings (SSSR count). The Balaban J connectivity index is 2.67. The third kappa shape index (κ3) is 2.73. The normalized spacial score (nSPS) is 20.9. The lowest BCUT2D eigenvalue weighted by atomic mass is 9.91. The summed E-state index contributed by atoms with van der Waals surface area (Å²) in [4.78, 5) is 0. The lowest BCUT2D eigenvalue weighted by Crippen LogP contribution is -1.99. The Bertz CT molecular complexity index is 220. The summed E-state index contributed by atoms with van der Waals surface area (Å²) in [5.74, 6) is 0.779. The summed E-state index contributed by atoms with van der Waals surface area (Å²) in [6, 6.07) is 0. The van der Waals surface area contributed by atoms with Gasteiger partial charge in [-0.25, -0.2) is 0 Å². The predicted octanol–water partition coefficient (Wildman–Crippen LogP) is 4.87. The summed E-state index contributed by atoms with van der Waals surface area (Å²) in [6.45, 7) is 6.85. The minimum Gasteiger partial charge on any atom is -0.0771 e. The minimum absolute atomic E-state index is 0.779. The highest BCUT2D eigenvalue weighted by atomic mass is 14.2. The first kappa shape index (κ1) is 11.6. The van der Waals surface area contributed by atoms with Crippen LogP contribution in [0.5, 0.6) is 0 Å². The fourth-order valence-electron chi connectivity index (χ4n) is 2.40. The van der Waals surface area contributed by atoms with Crippen LogP contribution < -0.4 is 0 Å². The first-order valence-electron chi connectivity index (χ1n) is 6.23. The zero-order valence-corrected chi connectivity index (χ0v) is 9.97. The monoisotopic (exact) mass is 192 g/mol. The van der Waals surface area contributed by atoms with Crippen molar-refractivity contribution in [3.63, 3.8) is 0 Å². The van der Waals surface area contributed by atoms with E-state index in [1.54, 1.807) is 11.1 Å². The highest BCUT2D eigenvalue weighted by molar-refractivity contribution is 5.36. The second-order valence-corrected chi connectivity index (χ2v) is 4.30. The van der Waals surface area contributed by atoms with E-state index in [1.165, 1.54) is 38.5 Å². The van der Waals surface area contributed by atoms with Gasteiger partial charge in [-0.1, -0.05) is 57.8 Å². The van der Waals surface area contributed by atoms with E-state index >= 15 is 0 Å². The number of rotatable bonds is 6. The molecule has 0 saturated heterocycles. The number of hydrogen-bond acceptors (Lipinski definition) is 0. The van der Waals surface area contributed by atoms with Gasteiger partial charge >= 0.3 is 0 Å². The molecule has 0 fully saturated rings. The van der Waals surface area contributed by atoms with Crippen LogP contribution >= 0.6 is 0 Å². The van der Waals surface area contributed by atoms with E-state index in [2.05, 4.69) is 32.9 Å². The average molecular weight is 192 g/mol. The molecule has 0 radical (unpaired) electrons. The van der Waals surface area contributed by atoms with E-state index in [9.17, 15) is 0 Å². The van der Waals surface area contributed by atoms with Crippen molar-refractivity contribution >= 4 is 0 Å². The maximum atomic E-state index is 2.43. The summed E-state index contributed by atoms with van der Waals surface area (Å²) in [6.07, 6.45) is 12.6. The van der Waals surface area contributed by atoms with E-state index in [0.717, 1.165) is 5.92 Å². The van der Waals surface area contributed by atoms with Gasteiger partial charge in [-0.15, -0.1) is 0 Å². The van der Waals surface area contributed by atoms with Gasteiger partial charge in [0.2, 0.25) is 0 Å². The van der Waals surface area contributed by atoms with Gasteiger partial charge in [-0.05, 0) is 30.8 Å². The van der Waals surface area contributed by atoms with Gasteiger partial charge < -0.3 is 0 Å². The topological polar surface area (TPSA) is 0 Å². The molecular formula is C14H24. The highest BCUT2D eigenvalue weighted by Gasteiger charge is 2.17. The van der Waals surface area contributed by atoms with Crippen molar-refractivity contribution in [3.8, 4) is 0 Å². The Hall–Kier alpha value is -0.520. The lowest BCUT2D eigenvalue weighted by molar-refractivity contribution is 0.629. The molecule has 1 unspecified atom stereocenters. The molecular weight excluding hydrogens is 168 g/mol. The fraction of sp³-hybridized carbons (Fsp3) is 0.714. The summed E-state index contributed by atoms with van der Waals surface area (Å²) >= 11 is 0. The van der Waals surface area contributed by atoms with E-state index in [1.807, 2.05) is 0 Å². The minimum atomic E-state index is 0.779. The van der Waals surface area contributed by atoms with Gasteiger partial charge in [0.15, 0.2) is 0 Å². The zero-order valence-electron chi connectivity index (χ0n) is 9.97. The van der Waals surface area contributed by atoms with Gasteiger partial charge in [0.25, 0.3) is 0 Å². The summed E-state index contributed by atoms with van der Waals surface area (Å²) in [7, 11) is 0. The number of hydrogen-bond donors (Lipinski definition) is 0. The van der Waals surface area contributed by atoms with Crippen LogP contribution in [0, 0.1) is 5.92 Å². The van der Waals surface area contributed by atoms with Crippen molar-refractivity contribution in [2.24, 2.45) is 5.92 Å². The van der Waals surface area contributed by atoms with Crippen molar-refractivity contribution in [2.75, 3.05) is 0 Å². The quantitative estimate of drug-likeness (QED) is 0.563. The second-order valence-electron chi connectivity index (χ2n) is 4.30. The maximum Gasteiger partial charge on any atom is -0.00143 e. The smallest absolute Gasteiger partial charge is 0.00143 e. The van der Waals surface area contributed by atoms with Gasteiger partial charge in [-0.3, -0.25) is 0 Å². The van der Waals surface area contributed by atoms with E-state index in [0.29, 0.717) is 0 Å². The van der Waals surface area contributed by atoms with E-state index in [-0.39, 0.29) is 0 Å². The van der Waals surface area contributed by atoms with Crippen LogP contribution in [-0.2, 0) is 0 Å². The summed E-state index contributed by atoms with van der Waals surface area (Å²) in [5, 5.41) is 0. The molecule has 0 N–H and O–H groups in total. The SMILES string of the molecule is CCCC1=C(CCC)C(CCC)C=C1. The maximum absolute atomic E-state index is 2.43. The Morgan fingerprint density at radius 1 is 1.00 bits per heavy atom. The largest absolute Gasteiger partial charge is 0.0771 e. The molecule has 1 aliphatic carbocycles. The molecule has 0 heterocycles. The van der Waals surface area contributed by atoms with Gasteiger partial charge in [0.05, 0.1) is 0 Å². The van der Waals surface area contributed by atoms with Crippen LogP contribution in [0.3, 0.4) is 0 Å². The molecule has 0 aromatic carbocycles. The summed E-state index contributed by atoms with van der Waals surface area (Å²) < 4.78 is 0. The van der Waals surface area contributed by atoms with Crippen molar-refractivity contribution in [3.05, 3.63) is 23.3 Å². The van der Waals surface area contributed by atoms with Crippen molar-refractivity contribution in [1.29, 1.82) is 0 Å². The molecule has 0 aliphatic heterocycles. The molecule has 80 valence electrons. The molecule has 0 saturated carbocycles. The molecule has 1 aliphatic rings. The molecule has 14 heavy (non-hydrogen) atoms. The van der Waals surface area contributed by atoms with Crippen LogP contribution in [0.2, 0.25) is 0 Å². The first-order chi connectivity index (χ1) is 6.83. The zero-order chi connectivity index (χ0) is 10.4. The highest BCUT2D eigenvalue weighted by Crippen LogP contribution is 2.34. The van der Waals surface area contributed by atoms with Crippen LogP contribution in [0.1, 0.15) is 59.3 Å². The van der Waals surface area contributed by atoms with Gasteiger partial charge in [0.1, 0.15) is 0 Å². The molecule has 0 nitrogen and oxygen atoms in total. The Labute approximate surface area is 89.1 Å². The third-order valence-electron chi connectivity index (χ3n) is 3.03. The lowest BCUT2D eigenvalue weighted by Gasteiger charge is -2.14. The van der Waals surface area contributed by atoms with E-state index < -0.39 is 0 Å². The Morgan fingerprint density at radius 3 is 2.29 bits per heavy atom. The van der Waals surface area contributed by atoms with Crippen molar-refractivity contribution in [2.45, 2.75) is 59.3 Å². The number of allylic oxidation sites excluding steroid dienone is 4. The fourth-order valence-corrected chi connectivity index (χ4v) is 2.40. The Kier molecular flexibility index (Phi) is 5.00. The first-order valence-corrected chi connectivity index (χ1v) is 6.23. The van der Waals surface area contributed by atoms with E-state index in [4.69, 9.17) is 0 Å². The molecule has 0 bridgehead atoms. The van der Waals surface area contributed by atoms with Crippen LogP contribution in [-0.4, -0.2) is 0 Å². The molecule has 0 heteroatoms. The van der Waals surface area contributed by atoms with Crippen molar-refractivity contribution < 1.29 is 0 Å². The van der Waals surface area contributed by atoms with Gasteiger partial charge in [0, 0.05) is 0 Å². The van der Waals surface area contributed by atoms with Crippen LogP contribution in [0.25, 0.3) is 0 Å². The standard InChI is InChI=1S/C14H24/c1-4-7-12-10-11-13(8-5-2)14(12)9-6-3/h10-12H,4-9H2,1-3H3. The molecule has 1 atom stereocenters. The van der Waals surface area contributed by atoms with Crippen LogP contribution in [0.15, 0.2) is 23.3 Å². The molecule has 0 aromatic rings. The Morgan fingerprint density at radius 2 is 1.71 bits per heavy atom. The molecule has 0 aromatic heterocycles. The third-order valence-corrected chi connectivity index (χ3v) is 3.03.